The van der Waals surface area contributed by atoms with Gasteiger partial charge in [-0.15, -0.1) is 0 Å². The highest BCUT2D eigenvalue weighted by atomic mass is 14.9. The summed E-state index contributed by atoms with van der Waals surface area (Å²) in [5.41, 5.74) is 0.505. The van der Waals surface area contributed by atoms with Crippen molar-refractivity contribution in [2.75, 3.05) is 26.2 Å². The first-order valence-corrected chi connectivity index (χ1v) is 8.10. The lowest BCUT2D eigenvalue weighted by molar-refractivity contribution is 0.205. The van der Waals surface area contributed by atoms with Gasteiger partial charge in [-0.05, 0) is 69.0 Å². The summed E-state index contributed by atoms with van der Waals surface area (Å²) in [5, 5.41) is 7.18. The zero-order valence-electron chi connectivity index (χ0n) is 12.4. The molecule has 1 saturated carbocycles. The van der Waals surface area contributed by atoms with Crippen molar-refractivity contribution in [3.63, 3.8) is 0 Å². The summed E-state index contributed by atoms with van der Waals surface area (Å²) in [6.07, 6.45) is 9.99. The van der Waals surface area contributed by atoms with Crippen molar-refractivity contribution in [1.29, 1.82) is 0 Å². The van der Waals surface area contributed by atoms with E-state index in [4.69, 9.17) is 0 Å². The Morgan fingerprint density at radius 3 is 2.39 bits per heavy atom. The van der Waals surface area contributed by atoms with Gasteiger partial charge in [0.25, 0.3) is 0 Å². The van der Waals surface area contributed by atoms with Crippen molar-refractivity contribution >= 4 is 0 Å². The molecular formula is C16H32N2. The molecule has 1 saturated heterocycles. The molecule has 2 nitrogen and oxygen atoms in total. The zero-order valence-corrected chi connectivity index (χ0v) is 12.4. The fourth-order valence-corrected chi connectivity index (χ4v) is 3.74. The average molecular weight is 252 g/mol. The Balaban J connectivity index is 1.58. The normalized spacial score (nSPS) is 23.7. The monoisotopic (exact) mass is 252 g/mol. The van der Waals surface area contributed by atoms with Gasteiger partial charge in [-0.25, -0.2) is 0 Å². The standard InChI is InChI=1S/C16H32N2/c1-16(2,15-5-3-4-6-15)13-18-12-9-14-7-10-17-11-8-14/h14-15,17-18H,3-13H2,1-2H3. The summed E-state index contributed by atoms with van der Waals surface area (Å²) >= 11 is 0. The number of nitrogens with one attached hydrogen (secondary N) is 2. The SMILES string of the molecule is CC(C)(CNCCC1CCNCC1)C1CCCC1. The third-order valence-electron chi connectivity index (χ3n) is 5.23. The highest BCUT2D eigenvalue weighted by molar-refractivity contribution is 4.84. The largest absolute Gasteiger partial charge is 0.317 e. The van der Waals surface area contributed by atoms with E-state index in [-0.39, 0.29) is 0 Å². The Morgan fingerprint density at radius 1 is 1.06 bits per heavy atom. The number of hydrogen-bond acceptors (Lipinski definition) is 2. The molecule has 1 heterocycles. The van der Waals surface area contributed by atoms with E-state index in [2.05, 4.69) is 24.5 Å². The molecule has 0 aromatic heterocycles. The van der Waals surface area contributed by atoms with Gasteiger partial charge in [0, 0.05) is 6.54 Å². The van der Waals surface area contributed by atoms with Gasteiger partial charge >= 0.3 is 0 Å². The molecule has 1 aliphatic heterocycles. The van der Waals surface area contributed by atoms with Crippen LogP contribution in [-0.4, -0.2) is 26.2 Å². The molecule has 0 spiro atoms. The van der Waals surface area contributed by atoms with Crippen molar-refractivity contribution in [2.45, 2.75) is 58.8 Å². The van der Waals surface area contributed by atoms with Gasteiger partial charge < -0.3 is 10.6 Å². The summed E-state index contributed by atoms with van der Waals surface area (Å²) in [5.74, 6) is 1.93. The lowest BCUT2D eigenvalue weighted by atomic mass is 9.77. The predicted octanol–water partition coefficient (Wildman–Crippen LogP) is 3.18. The van der Waals surface area contributed by atoms with Crippen LogP contribution in [0.2, 0.25) is 0 Å². The summed E-state index contributed by atoms with van der Waals surface area (Å²) in [7, 11) is 0. The Bertz CT molecular complexity index is 225. The average Bonchev–Trinajstić information content (AvgIpc) is 2.91. The topological polar surface area (TPSA) is 24.1 Å². The Hall–Kier alpha value is -0.0800. The van der Waals surface area contributed by atoms with Gasteiger partial charge in [-0.3, -0.25) is 0 Å². The smallest absolute Gasteiger partial charge is 0.000517 e. The van der Waals surface area contributed by atoms with Gasteiger partial charge in [-0.1, -0.05) is 26.7 Å². The van der Waals surface area contributed by atoms with Gasteiger partial charge in [0.15, 0.2) is 0 Å². The van der Waals surface area contributed by atoms with Crippen molar-refractivity contribution in [3.8, 4) is 0 Å². The second kappa shape index (κ2) is 6.91. The van der Waals surface area contributed by atoms with Gasteiger partial charge in [-0.2, -0.15) is 0 Å². The van der Waals surface area contributed by atoms with E-state index in [1.807, 2.05) is 0 Å². The van der Waals surface area contributed by atoms with Crippen LogP contribution < -0.4 is 10.6 Å². The van der Waals surface area contributed by atoms with Crippen LogP contribution in [0.15, 0.2) is 0 Å². The molecule has 2 heteroatoms. The van der Waals surface area contributed by atoms with E-state index in [9.17, 15) is 0 Å². The first-order valence-electron chi connectivity index (χ1n) is 8.10. The molecule has 18 heavy (non-hydrogen) atoms. The van der Waals surface area contributed by atoms with Crippen LogP contribution >= 0.6 is 0 Å². The summed E-state index contributed by atoms with van der Waals surface area (Å²) in [6, 6.07) is 0. The van der Waals surface area contributed by atoms with Crippen molar-refractivity contribution in [2.24, 2.45) is 17.3 Å². The Labute approximate surface area is 113 Å². The minimum atomic E-state index is 0.505. The quantitative estimate of drug-likeness (QED) is 0.710. The van der Waals surface area contributed by atoms with E-state index >= 15 is 0 Å². The maximum atomic E-state index is 3.73. The van der Waals surface area contributed by atoms with Crippen LogP contribution in [0.25, 0.3) is 0 Å². The summed E-state index contributed by atoms with van der Waals surface area (Å²) < 4.78 is 0. The van der Waals surface area contributed by atoms with Crippen LogP contribution in [-0.2, 0) is 0 Å². The second-order valence-electron chi connectivity index (χ2n) is 7.13. The molecule has 0 atom stereocenters. The van der Waals surface area contributed by atoms with Crippen LogP contribution in [0.4, 0.5) is 0 Å². The minimum Gasteiger partial charge on any atom is -0.317 e. The summed E-state index contributed by atoms with van der Waals surface area (Å²) in [4.78, 5) is 0. The molecule has 2 rings (SSSR count). The molecule has 0 aromatic carbocycles. The van der Waals surface area contributed by atoms with E-state index < -0.39 is 0 Å². The first kappa shape index (κ1) is 14.3. The maximum Gasteiger partial charge on any atom is 0.000517 e. The fraction of sp³-hybridized carbons (Fsp3) is 1.00. The van der Waals surface area contributed by atoms with Crippen molar-refractivity contribution < 1.29 is 0 Å². The van der Waals surface area contributed by atoms with Gasteiger partial charge in [0.05, 0.1) is 0 Å². The number of hydrogen-bond donors (Lipinski definition) is 2. The number of rotatable bonds is 6. The molecule has 0 unspecified atom stereocenters. The van der Waals surface area contributed by atoms with Crippen LogP contribution in [0.5, 0.6) is 0 Å². The minimum absolute atomic E-state index is 0.505. The number of piperidine rings is 1. The van der Waals surface area contributed by atoms with Crippen molar-refractivity contribution in [3.05, 3.63) is 0 Å². The second-order valence-corrected chi connectivity index (χ2v) is 7.13. The third-order valence-corrected chi connectivity index (χ3v) is 5.23. The molecule has 0 bridgehead atoms. The zero-order chi connectivity index (χ0) is 12.8. The Kier molecular flexibility index (Phi) is 5.50. The summed E-state index contributed by atoms with van der Waals surface area (Å²) in [6.45, 7) is 9.82. The maximum absolute atomic E-state index is 3.73. The molecule has 2 N–H and O–H groups in total. The van der Waals surface area contributed by atoms with E-state index in [1.54, 1.807) is 0 Å². The lowest BCUT2D eigenvalue weighted by Gasteiger charge is -2.32. The van der Waals surface area contributed by atoms with E-state index in [0.717, 1.165) is 11.8 Å². The molecule has 2 fully saturated rings. The van der Waals surface area contributed by atoms with Gasteiger partial charge in [0.2, 0.25) is 0 Å². The van der Waals surface area contributed by atoms with Crippen LogP contribution in [0.1, 0.15) is 58.8 Å². The lowest BCUT2D eigenvalue weighted by Crippen LogP contribution is -2.36. The predicted molar refractivity (Wildman–Crippen MR) is 78.8 cm³/mol. The fourth-order valence-electron chi connectivity index (χ4n) is 3.74. The Morgan fingerprint density at radius 2 is 1.72 bits per heavy atom. The highest BCUT2D eigenvalue weighted by Crippen LogP contribution is 2.38. The highest BCUT2D eigenvalue weighted by Gasteiger charge is 2.31. The molecule has 0 amide bonds. The molecule has 1 aliphatic carbocycles. The van der Waals surface area contributed by atoms with Gasteiger partial charge in [0.1, 0.15) is 0 Å². The van der Waals surface area contributed by atoms with Crippen molar-refractivity contribution in [1.82, 2.24) is 10.6 Å². The molecule has 0 aromatic rings. The van der Waals surface area contributed by atoms with E-state index in [0.29, 0.717) is 5.41 Å². The van der Waals surface area contributed by atoms with E-state index in [1.165, 1.54) is 71.1 Å². The molecule has 2 aliphatic rings. The van der Waals surface area contributed by atoms with Crippen LogP contribution in [0.3, 0.4) is 0 Å². The molecule has 106 valence electrons. The van der Waals surface area contributed by atoms with Crippen LogP contribution in [0, 0.1) is 17.3 Å². The molecular weight excluding hydrogens is 220 g/mol. The first-order chi connectivity index (χ1) is 8.68. The third kappa shape index (κ3) is 4.24. The molecule has 0 radical (unpaired) electrons.